The monoisotopic (exact) mass is 842 g/mol. The number of methoxy groups -OCH3 is 2. The second-order valence-electron chi connectivity index (χ2n) is 17.8. The summed E-state index contributed by atoms with van der Waals surface area (Å²) in [7, 11) is 2.62. The Morgan fingerprint density at radius 1 is 0.823 bits per heavy atom. The third-order valence-corrected chi connectivity index (χ3v) is 13.4. The largest absolute Gasteiger partial charge is 0.453 e. The first-order chi connectivity index (χ1) is 29.9. The van der Waals surface area contributed by atoms with Crippen molar-refractivity contribution in [3.05, 3.63) is 96.3 Å². The number of likely N-dealkylation sites (tertiary alicyclic amines) is 2. The smallest absolute Gasteiger partial charge is 0.407 e. The molecular weight excluding hydrogens is 785 g/mol. The third-order valence-electron chi connectivity index (χ3n) is 13.4. The van der Waals surface area contributed by atoms with Gasteiger partial charge in [0.2, 0.25) is 11.8 Å². The Morgan fingerprint density at radius 3 is 2.15 bits per heavy atom. The molecule has 4 heterocycles. The third kappa shape index (κ3) is 8.64. The van der Waals surface area contributed by atoms with Crippen molar-refractivity contribution in [1.82, 2.24) is 40.4 Å². The molecule has 9 rings (SSSR count). The van der Waals surface area contributed by atoms with Crippen LogP contribution in [-0.2, 0) is 19.1 Å². The molecule has 14 nitrogen and oxygen atoms in total. The zero-order valence-corrected chi connectivity index (χ0v) is 36.4. The first kappa shape index (κ1) is 42.5. The number of fused-ring (bicyclic) bond motifs is 3. The molecule has 2 aromatic heterocycles. The minimum Gasteiger partial charge on any atom is -0.453 e. The Bertz CT molecular complexity index is 2420. The van der Waals surface area contributed by atoms with E-state index in [0.29, 0.717) is 18.9 Å². The fourth-order valence-corrected chi connectivity index (χ4v) is 9.70. The molecule has 1 spiro atoms. The molecule has 2 saturated heterocycles. The summed E-state index contributed by atoms with van der Waals surface area (Å²) < 4.78 is 9.44. The number of carbonyl (C=O) groups is 4. The average molecular weight is 843 g/mol. The van der Waals surface area contributed by atoms with Gasteiger partial charge in [0.25, 0.3) is 0 Å². The summed E-state index contributed by atoms with van der Waals surface area (Å²) in [6.45, 7) is 8.53. The summed E-state index contributed by atoms with van der Waals surface area (Å²) in [5.41, 5.74) is 5.44. The van der Waals surface area contributed by atoms with Crippen molar-refractivity contribution in [2.45, 2.75) is 103 Å². The number of alkyl carbamates (subject to hydrolysis) is 2. The summed E-state index contributed by atoms with van der Waals surface area (Å²) in [4.78, 5) is 70.6. The van der Waals surface area contributed by atoms with Crippen LogP contribution >= 0.6 is 0 Å². The van der Waals surface area contributed by atoms with E-state index in [0.717, 1.165) is 72.7 Å². The molecule has 326 valence electrons. The number of amides is 4. The zero-order chi connectivity index (χ0) is 43.7. The van der Waals surface area contributed by atoms with Crippen LogP contribution in [0.3, 0.4) is 0 Å². The number of hydrogen-bond acceptors (Lipinski definition) is 8. The van der Waals surface area contributed by atoms with E-state index < -0.39 is 24.3 Å². The van der Waals surface area contributed by atoms with E-state index in [1.807, 2.05) is 55.1 Å². The lowest BCUT2D eigenvalue weighted by molar-refractivity contribution is -0.139. The zero-order valence-electron chi connectivity index (χ0n) is 36.4. The Kier molecular flexibility index (Phi) is 12.1. The first-order valence-corrected chi connectivity index (χ1v) is 21.9. The van der Waals surface area contributed by atoms with Crippen LogP contribution < -0.4 is 10.6 Å². The molecule has 2 aliphatic heterocycles. The highest BCUT2D eigenvalue weighted by Gasteiger charge is 2.55. The van der Waals surface area contributed by atoms with Crippen LogP contribution in [0.2, 0.25) is 0 Å². The highest BCUT2D eigenvalue weighted by Crippen LogP contribution is 2.58. The molecule has 62 heavy (non-hydrogen) atoms. The lowest BCUT2D eigenvalue weighted by Gasteiger charge is -2.37. The number of imidazole rings is 2. The maximum Gasteiger partial charge on any atom is 0.407 e. The number of hydrogen-bond donors (Lipinski definition) is 4. The molecule has 0 unspecified atom stereocenters. The second-order valence-corrected chi connectivity index (χ2v) is 17.8. The topological polar surface area (TPSA) is 175 Å². The maximum absolute atomic E-state index is 13.5. The van der Waals surface area contributed by atoms with Crippen LogP contribution in [0.5, 0.6) is 0 Å². The van der Waals surface area contributed by atoms with E-state index >= 15 is 0 Å². The molecule has 14 heteroatoms. The Balaban J connectivity index is 0.000000171. The minimum atomic E-state index is -0.620. The van der Waals surface area contributed by atoms with Crippen LogP contribution in [0.1, 0.15) is 95.0 Å². The average Bonchev–Trinajstić information content (AvgIpc) is 3.92. The molecule has 3 aromatic carbocycles. The van der Waals surface area contributed by atoms with Gasteiger partial charge in [0.05, 0.1) is 50.1 Å². The molecular formula is C48H58N8O6. The van der Waals surface area contributed by atoms with Crippen molar-refractivity contribution in [2.75, 3.05) is 20.8 Å². The number of rotatable bonds is 10. The van der Waals surface area contributed by atoms with Crippen molar-refractivity contribution in [3.8, 4) is 22.5 Å². The van der Waals surface area contributed by atoms with E-state index in [4.69, 9.17) is 9.47 Å². The van der Waals surface area contributed by atoms with Crippen LogP contribution in [-0.4, -0.2) is 92.6 Å². The molecule has 4 fully saturated rings. The molecule has 6 atom stereocenters. The number of carbonyl (C=O) groups excluding carboxylic acids is 4. The molecule has 4 amide bonds. The van der Waals surface area contributed by atoms with Crippen molar-refractivity contribution in [1.29, 1.82) is 0 Å². The number of nitrogens with one attached hydrogen (secondary N) is 4. The van der Waals surface area contributed by atoms with Gasteiger partial charge in [-0.1, -0.05) is 87.0 Å². The first-order valence-electron chi connectivity index (χ1n) is 21.9. The molecule has 4 N–H and O–H groups in total. The quantitative estimate of drug-likeness (QED) is 0.109. The number of aromatic amines is 2. The highest BCUT2D eigenvalue weighted by molar-refractivity contribution is 5.88. The normalized spacial score (nSPS) is 21.7. The summed E-state index contributed by atoms with van der Waals surface area (Å²) in [5.74, 6) is 1.85. The standard InChI is InChI=1S/C25H28N4O3.C23H30N4O3/c1-3-19(28-24(31)32-2)23(30)29-15-25(10-11-25)13-21(29)22-26-14-20(27-22)18-9-8-16-6-4-5-7-17(16)12-18;1-13(2)19(26-23(29)30-4)22(28)27-17-10-9-16(11-17)20(27)21-24-12-18(25-21)15-7-5-14(3)6-8-15/h4-9,12,14,19,21H,3,10-11,13,15H2,1-2H3,(H,26,27)(H,28,31);5-8,12-13,16-17,19-20H,9-11H2,1-4H3,(H,24,25)(H,26,29)/t19-,21-;16-,17+,19-,20-/m00/s1. The fourth-order valence-electron chi connectivity index (χ4n) is 9.70. The second kappa shape index (κ2) is 17.7. The number of H-pyrrole nitrogens is 2. The van der Waals surface area contributed by atoms with E-state index in [2.05, 4.69) is 92.1 Å². The molecule has 5 aromatic rings. The molecule has 2 bridgehead atoms. The van der Waals surface area contributed by atoms with Gasteiger partial charge in [-0.2, -0.15) is 0 Å². The Morgan fingerprint density at radius 2 is 1.47 bits per heavy atom. The number of benzene rings is 3. The number of nitrogens with zero attached hydrogens (tertiary/aromatic N) is 4. The minimum absolute atomic E-state index is 0.0453. The van der Waals surface area contributed by atoms with Crippen LogP contribution in [0.15, 0.2) is 79.1 Å². The van der Waals surface area contributed by atoms with E-state index in [1.54, 1.807) is 0 Å². The van der Waals surface area contributed by atoms with Crippen molar-refractivity contribution in [3.63, 3.8) is 0 Å². The van der Waals surface area contributed by atoms with E-state index in [9.17, 15) is 19.2 Å². The van der Waals surface area contributed by atoms with Gasteiger partial charge in [-0.15, -0.1) is 0 Å². The van der Waals surface area contributed by atoms with Crippen molar-refractivity contribution >= 4 is 34.8 Å². The molecule has 0 radical (unpaired) electrons. The lowest BCUT2D eigenvalue weighted by Crippen LogP contribution is -2.54. The lowest BCUT2D eigenvalue weighted by atomic mass is 9.95. The van der Waals surface area contributed by atoms with E-state index in [1.165, 1.54) is 30.6 Å². The van der Waals surface area contributed by atoms with Gasteiger partial charge in [-0.05, 0) is 91.5 Å². The van der Waals surface area contributed by atoms with Gasteiger partial charge in [0.1, 0.15) is 23.7 Å². The van der Waals surface area contributed by atoms with Gasteiger partial charge in [-0.25, -0.2) is 19.6 Å². The van der Waals surface area contributed by atoms with Gasteiger partial charge in [0, 0.05) is 18.2 Å². The number of ether oxygens (including phenoxy) is 2. The van der Waals surface area contributed by atoms with Crippen LogP contribution in [0, 0.1) is 24.2 Å². The molecule has 2 aliphatic carbocycles. The van der Waals surface area contributed by atoms with Crippen LogP contribution in [0.25, 0.3) is 33.3 Å². The van der Waals surface area contributed by atoms with Crippen molar-refractivity contribution in [2.24, 2.45) is 17.3 Å². The summed E-state index contributed by atoms with van der Waals surface area (Å²) >= 11 is 0. The predicted octanol–water partition coefficient (Wildman–Crippen LogP) is 8.24. The number of piperidine rings is 1. The van der Waals surface area contributed by atoms with E-state index in [-0.39, 0.29) is 41.3 Å². The fraction of sp³-hybridized carbons (Fsp3) is 0.458. The summed E-state index contributed by atoms with van der Waals surface area (Å²) in [6, 6.07) is 21.7. The summed E-state index contributed by atoms with van der Waals surface area (Å²) in [6.07, 6.45) is 9.28. The van der Waals surface area contributed by atoms with Crippen LogP contribution in [0.4, 0.5) is 9.59 Å². The Labute approximate surface area is 362 Å². The van der Waals surface area contributed by atoms with Gasteiger partial charge >= 0.3 is 12.2 Å². The van der Waals surface area contributed by atoms with Gasteiger partial charge in [0.15, 0.2) is 0 Å². The summed E-state index contributed by atoms with van der Waals surface area (Å²) in [5, 5.41) is 7.78. The van der Waals surface area contributed by atoms with Gasteiger partial charge in [-0.3, -0.25) is 9.59 Å². The van der Waals surface area contributed by atoms with Gasteiger partial charge < -0.3 is 39.9 Å². The maximum atomic E-state index is 13.5. The Hall–Kier alpha value is -6.18. The highest BCUT2D eigenvalue weighted by atomic mass is 16.5. The SMILES string of the molecule is CC[C@H](NC(=O)OC)C(=O)N1CC2(CC2)C[C@H]1c1ncc(-c2ccc3ccccc3c2)[nH]1.COC(=O)N[C@H](C(=O)N1[C@@H]2CC[C@@H](C2)[C@H]1c1ncc(-c2ccc(C)cc2)[nH]1)C(C)C. The molecule has 4 aliphatic rings. The van der Waals surface area contributed by atoms with Crippen molar-refractivity contribution < 1.29 is 28.7 Å². The number of aryl methyl sites for hydroxylation is 1. The number of aromatic nitrogens is 4. The predicted molar refractivity (Wildman–Crippen MR) is 236 cm³/mol. The molecule has 2 saturated carbocycles.